The van der Waals surface area contributed by atoms with Gasteiger partial charge in [-0.2, -0.15) is 0 Å². The summed E-state index contributed by atoms with van der Waals surface area (Å²) < 4.78 is 21.9. The molecule has 1 aliphatic rings. The molecular formula is C19H25NO6. The number of aliphatic hydroxyl groups excluding tert-OH is 1. The van der Waals surface area contributed by atoms with Crippen LogP contribution in [0, 0.1) is 0 Å². The minimum atomic E-state index is -0.649. The average Bonchev–Trinajstić information content (AvgIpc) is 2.99. The molecule has 1 unspecified atom stereocenters. The Morgan fingerprint density at radius 2 is 2.00 bits per heavy atom. The quantitative estimate of drug-likeness (QED) is 0.701. The van der Waals surface area contributed by atoms with Crippen molar-refractivity contribution in [1.29, 1.82) is 0 Å². The van der Waals surface area contributed by atoms with E-state index in [1.54, 1.807) is 0 Å². The van der Waals surface area contributed by atoms with Crippen LogP contribution in [-0.4, -0.2) is 37.2 Å². The summed E-state index contributed by atoms with van der Waals surface area (Å²) in [5.41, 5.74) is 1.92. The lowest BCUT2D eigenvalue weighted by Crippen LogP contribution is -2.18. The topological polar surface area (TPSA) is 90.0 Å². The van der Waals surface area contributed by atoms with Crippen molar-refractivity contribution in [3.63, 3.8) is 0 Å². The van der Waals surface area contributed by atoms with Crippen LogP contribution in [0.3, 0.4) is 0 Å². The van der Waals surface area contributed by atoms with E-state index in [0.717, 1.165) is 11.1 Å². The molecule has 7 heteroatoms. The van der Waals surface area contributed by atoms with Crippen molar-refractivity contribution in [3.05, 3.63) is 39.3 Å². The summed E-state index contributed by atoms with van der Waals surface area (Å²) in [5.74, 6) is 0.480. The number of hydrogen-bond acceptors (Lipinski definition) is 6. The molecule has 0 radical (unpaired) electrons. The van der Waals surface area contributed by atoms with E-state index < -0.39 is 12.4 Å². The lowest BCUT2D eigenvalue weighted by molar-refractivity contribution is -0.142. The Hall–Kier alpha value is -1.93. The van der Waals surface area contributed by atoms with Crippen LogP contribution >= 0.6 is 0 Å². The van der Waals surface area contributed by atoms with Crippen LogP contribution in [0.2, 0.25) is 0 Å². The third-order valence-corrected chi connectivity index (χ3v) is 4.48. The SMILES string of the molecule is CCOC(OCC)c1cc2cc3c(c(OCOC)c2c(=O)[nH]1)CCC3O. The Balaban J connectivity index is 2.18. The molecule has 2 aromatic rings. The smallest absolute Gasteiger partial charge is 0.259 e. The van der Waals surface area contributed by atoms with E-state index in [-0.39, 0.29) is 12.4 Å². The van der Waals surface area contributed by atoms with Gasteiger partial charge in [0.2, 0.25) is 0 Å². The molecule has 0 aliphatic heterocycles. The predicted molar refractivity (Wildman–Crippen MR) is 96.3 cm³/mol. The first kappa shape index (κ1) is 18.8. The zero-order chi connectivity index (χ0) is 18.7. The highest BCUT2D eigenvalue weighted by Gasteiger charge is 2.27. The van der Waals surface area contributed by atoms with Gasteiger partial charge in [0.1, 0.15) is 5.75 Å². The minimum Gasteiger partial charge on any atom is -0.466 e. The van der Waals surface area contributed by atoms with Gasteiger partial charge in [0.25, 0.3) is 5.56 Å². The maximum absolute atomic E-state index is 12.8. The first-order valence-electron chi connectivity index (χ1n) is 8.86. The van der Waals surface area contributed by atoms with Crippen molar-refractivity contribution < 1.29 is 24.1 Å². The average molecular weight is 363 g/mol. The second-order valence-electron chi connectivity index (χ2n) is 6.14. The number of aromatic nitrogens is 1. The highest BCUT2D eigenvalue weighted by molar-refractivity contribution is 5.90. The normalized spacial score (nSPS) is 16.4. The van der Waals surface area contributed by atoms with Gasteiger partial charge in [0.15, 0.2) is 13.1 Å². The van der Waals surface area contributed by atoms with Gasteiger partial charge >= 0.3 is 0 Å². The summed E-state index contributed by atoms with van der Waals surface area (Å²) in [7, 11) is 1.53. The third-order valence-electron chi connectivity index (χ3n) is 4.48. The highest BCUT2D eigenvalue weighted by atomic mass is 16.7. The van der Waals surface area contributed by atoms with E-state index in [1.807, 2.05) is 26.0 Å². The number of ether oxygens (including phenoxy) is 4. The molecule has 0 saturated heterocycles. The van der Waals surface area contributed by atoms with Crippen molar-refractivity contribution in [3.8, 4) is 5.75 Å². The van der Waals surface area contributed by atoms with Gasteiger partial charge in [-0.1, -0.05) is 0 Å². The van der Waals surface area contributed by atoms with E-state index in [1.165, 1.54) is 7.11 Å². The molecule has 1 aliphatic carbocycles. The molecule has 0 spiro atoms. The molecule has 0 amide bonds. The van der Waals surface area contributed by atoms with Crippen LogP contribution in [0.4, 0.5) is 0 Å². The van der Waals surface area contributed by atoms with Crippen LogP contribution < -0.4 is 10.3 Å². The zero-order valence-corrected chi connectivity index (χ0v) is 15.3. The zero-order valence-electron chi connectivity index (χ0n) is 15.3. The fourth-order valence-electron chi connectivity index (χ4n) is 3.41. The van der Waals surface area contributed by atoms with E-state index in [9.17, 15) is 9.90 Å². The van der Waals surface area contributed by atoms with Crippen LogP contribution in [0.15, 0.2) is 16.9 Å². The maximum atomic E-state index is 12.8. The Morgan fingerprint density at radius 3 is 2.65 bits per heavy atom. The molecule has 2 N–H and O–H groups in total. The number of rotatable bonds is 8. The molecule has 1 heterocycles. The van der Waals surface area contributed by atoms with Crippen molar-refractivity contribution in [1.82, 2.24) is 4.98 Å². The molecule has 1 atom stereocenters. The standard InChI is InChI=1S/C19H25NO6/c1-4-24-19(25-5-2)14-9-11-8-13-12(6-7-15(13)21)17(26-10-23-3)16(11)18(22)20-14/h8-9,15,19,21H,4-7,10H2,1-3H3,(H,20,22). The number of H-pyrrole nitrogens is 1. The van der Waals surface area contributed by atoms with E-state index >= 15 is 0 Å². The van der Waals surface area contributed by atoms with Crippen molar-refractivity contribution in [2.75, 3.05) is 27.1 Å². The summed E-state index contributed by atoms with van der Waals surface area (Å²) in [6.07, 6.45) is 0.0632. The second-order valence-corrected chi connectivity index (χ2v) is 6.14. The molecular weight excluding hydrogens is 338 g/mol. The Bertz CT molecular complexity index is 825. The van der Waals surface area contributed by atoms with Gasteiger partial charge in [0.05, 0.1) is 17.2 Å². The second kappa shape index (κ2) is 8.18. The number of fused-ring (bicyclic) bond motifs is 2. The van der Waals surface area contributed by atoms with E-state index in [0.29, 0.717) is 48.3 Å². The lowest BCUT2D eigenvalue weighted by Gasteiger charge is -2.19. The molecule has 0 bridgehead atoms. The van der Waals surface area contributed by atoms with E-state index in [4.69, 9.17) is 18.9 Å². The lowest BCUT2D eigenvalue weighted by atomic mass is 10.0. The van der Waals surface area contributed by atoms with E-state index in [2.05, 4.69) is 4.98 Å². The van der Waals surface area contributed by atoms with Gasteiger partial charge < -0.3 is 29.0 Å². The molecule has 0 fully saturated rings. The largest absolute Gasteiger partial charge is 0.466 e. The van der Waals surface area contributed by atoms with Crippen molar-refractivity contribution >= 4 is 10.8 Å². The fraction of sp³-hybridized carbons (Fsp3) is 0.526. The summed E-state index contributed by atoms with van der Waals surface area (Å²) in [6.45, 7) is 4.67. The third kappa shape index (κ3) is 3.48. The maximum Gasteiger partial charge on any atom is 0.259 e. The first-order chi connectivity index (χ1) is 12.6. The monoisotopic (exact) mass is 363 g/mol. The van der Waals surface area contributed by atoms with Gasteiger partial charge in [-0.25, -0.2) is 0 Å². The molecule has 26 heavy (non-hydrogen) atoms. The molecule has 142 valence electrons. The number of pyridine rings is 1. The summed E-state index contributed by atoms with van der Waals surface area (Å²) in [6, 6.07) is 3.67. The van der Waals surface area contributed by atoms with Gasteiger partial charge in [0, 0.05) is 25.9 Å². The van der Waals surface area contributed by atoms with Crippen LogP contribution in [0.1, 0.15) is 49.5 Å². The highest BCUT2D eigenvalue weighted by Crippen LogP contribution is 2.41. The van der Waals surface area contributed by atoms with Crippen LogP contribution in [0.25, 0.3) is 10.8 Å². The molecule has 3 rings (SSSR count). The molecule has 7 nitrogen and oxygen atoms in total. The fourth-order valence-corrected chi connectivity index (χ4v) is 3.41. The summed E-state index contributed by atoms with van der Waals surface area (Å²) in [4.78, 5) is 15.7. The van der Waals surface area contributed by atoms with Crippen molar-refractivity contribution in [2.45, 2.75) is 39.1 Å². The number of aliphatic hydroxyl groups is 1. The van der Waals surface area contributed by atoms with Crippen molar-refractivity contribution in [2.24, 2.45) is 0 Å². The molecule has 1 aromatic carbocycles. The Labute approximate surface area is 151 Å². The number of hydrogen-bond donors (Lipinski definition) is 2. The number of methoxy groups -OCH3 is 1. The summed E-state index contributed by atoms with van der Waals surface area (Å²) in [5, 5.41) is 11.4. The molecule has 1 aromatic heterocycles. The van der Waals surface area contributed by atoms with Gasteiger partial charge in [-0.3, -0.25) is 4.79 Å². The Kier molecular flexibility index (Phi) is 5.93. The Morgan fingerprint density at radius 1 is 1.27 bits per heavy atom. The number of benzene rings is 1. The summed E-state index contributed by atoms with van der Waals surface area (Å²) >= 11 is 0. The van der Waals surface area contributed by atoms with Crippen LogP contribution in [0.5, 0.6) is 5.75 Å². The first-order valence-corrected chi connectivity index (χ1v) is 8.86. The van der Waals surface area contributed by atoms with Gasteiger partial charge in [-0.15, -0.1) is 0 Å². The predicted octanol–water partition coefficient (Wildman–Crippen LogP) is 2.56. The van der Waals surface area contributed by atoms with Gasteiger partial charge in [-0.05, 0) is 49.8 Å². The molecule has 0 saturated carbocycles. The number of nitrogens with one attached hydrogen (secondary N) is 1. The number of aromatic amines is 1. The van der Waals surface area contributed by atoms with Crippen LogP contribution in [-0.2, 0) is 20.6 Å². The minimum absolute atomic E-state index is 0.0311.